The number of nitrogens with zero attached hydrogens (tertiary/aromatic N) is 20. The van der Waals surface area contributed by atoms with Gasteiger partial charge in [0, 0.05) is 185 Å². The Balaban J connectivity index is 0.000000160. The van der Waals surface area contributed by atoms with Crippen molar-refractivity contribution < 1.29 is 78.1 Å². The summed E-state index contributed by atoms with van der Waals surface area (Å²) in [5.74, 6) is -6.12. The second-order valence-electron chi connectivity index (χ2n) is 37.2. The van der Waals surface area contributed by atoms with Crippen molar-refractivity contribution in [3.8, 4) is 0 Å². The van der Waals surface area contributed by atoms with Gasteiger partial charge in [0.1, 0.15) is 90.3 Å². The van der Waals surface area contributed by atoms with Crippen molar-refractivity contribution in [3.05, 3.63) is 243 Å². The maximum absolute atomic E-state index is 14.5. The number of fused-ring (bicyclic) bond motifs is 6. The van der Waals surface area contributed by atoms with E-state index in [1.54, 1.807) is 82.0 Å². The lowest BCUT2D eigenvalue weighted by Gasteiger charge is -2.36. The lowest BCUT2D eigenvalue weighted by molar-refractivity contribution is 0.0683. The quantitative estimate of drug-likeness (QED) is 0.0420. The molecule has 1 aromatic carbocycles. The highest BCUT2D eigenvalue weighted by Gasteiger charge is 2.32. The van der Waals surface area contributed by atoms with Crippen molar-refractivity contribution in [2.45, 2.75) is 165 Å². The third-order valence-corrected chi connectivity index (χ3v) is 24.6. The van der Waals surface area contributed by atoms with E-state index in [1.807, 2.05) is 66.9 Å². The molecule has 44 heteroatoms. The molecule has 2 atom stereocenters. The number of benzene rings is 1. The number of rotatable bonds is 17. The molecule has 0 radical (unpaired) electrons. The van der Waals surface area contributed by atoms with E-state index in [4.69, 9.17) is 30.6 Å². The minimum atomic E-state index is -1.34. The number of aryl methyl sites for hydroxylation is 7. The molecule has 3 aliphatic rings. The van der Waals surface area contributed by atoms with Crippen LogP contribution in [-0.2, 0) is 48.7 Å². The average molecular weight is 1970 g/mol. The predicted octanol–water partition coefficient (Wildman–Crippen LogP) is 11.2. The van der Waals surface area contributed by atoms with Crippen LogP contribution in [0.3, 0.4) is 0 Å². The molecule has 13 aromatic heterocycles. The molecule has 14 aromatic rings. The Labute approximate surface area is 814 Å². The molecule has 0 aliphatic carbocycles. The number of anilines is 3. The summed E-state index contributed by atoms with van der Waals surface area (Å²) in [6.07, 6.45) is 17.3. The van der Waals surface area contributed by atoms with Gasteiger partial charge < -0.3 is 82.8 Å². The molecule has 16 heterocycles. The number of carboxylic acids is 7. The van der Waals surface area contributed by atoms with Gasteiger partial charge in [0.05, 0.1) is 43.5 Å². The van der Waals surface area contributed by atoms with Gasteiger partial charge in [-0.3, -0.25) is 38.5 Å². The zero-order valence-corrected chi connectivity index (χ0v) is 82.8. The number of piperazine rings is 1. The minimum Gasteiger partial charge on any atom is -0.477 e. The Hall–Kier alpha value is -16.2. The second-order valence-corrected chi connectivity index (χ2v) is 37.2. The Morgan fingerprint density at radius 1 is 0.385 bits per heavy atom. The number of carbonyl (C=O) groups is 7. The molecule has 2 saturated heterocycles. The van der Waals surface area contributed by atoms with Crippen molar-refractivity contribution in [2.75, 3.05) is 54.4 Å². The first-order chi connectivity index (χ1) is 67.1. The van der Waals surface area contributed by atoms with Gasteiger partial charge >= 0.3 is 41.8 Å². The average Bonchev–Trinajstić information content (AvgIpc) is 0.961. The van der Waals surface area contributed by atoms with Crippen LogP contribution in [0.15, 0.2) is 126 Å². The monoisotopic (exact) mass is 1970 g/mol. The summed E-state index contributed by atoms with van der Waals surface area (Å²) < 4.78 is 39.3. The highest BCUT2D eigenvalue weighted by molar-refractivity contribution is 5.97. The Bertz CT molecular complexity index is 7790. The molecule has 8 N–H and O–H groups in total. The highest BCUT2D eigenvalue weighted by atomic mass is 19.1. The molecule has 0 bridgehead atoms. The van der Waals surface area contributed by atoms with Crippen molar-refractivity contribution in [3.63, 3.8) is 0 Å². The summed E-state index contributed by atoms with van der Waals surface area (Å²) in [5, 5.41) is 67.6. The molecular formula is C99H113F2N21O21. The number of nitrogens with one attached hydrogen (secondary N) is 1. The zero-order chi connectivity index (χ0) is 106. The van der Waals surface area contributed by atoms with Crippen LogP contribution in [0.5, 0.6) is 0 Å². The van der Waals surface area contributed by atoms with Gasteiger partial charge in [0.25, 0.3) is 0 Å². The number of hydrogen-bond acceptors (Lipinski definition) is 28. The number of hydrogen-bond donors (Lipinski definition) is 8. The van der Waals surface area contributed by atoms with E-state index < -0.39 is 97.0 Å². The second kappa shape index (κ2) is 44.1. The van der Waals surface area contributed by atoms with E-state index in [0.717, 1.165) is 69.4 Å². The molecule has 754 valence electrons. The van der Waals surface area contributed by atoms with Crippen LogP contribution in [0.2, 0.25) is 0 Å². The van der Waals surface area contributed by atoms with Crippen LogP contribution < -0.4 is 53.1 Å². The molecule has 0 spiro atoms. The first kappa shape index (κ1) is 107. The third kappa shape index (κ3) is 23.1. The van der Waals surface area contributed by atoms with Gasteiger partial charge in [0.15, 0.2) is 0 Å². The molecule has 0 amide bonds. The Morgan fingerprint density at radius 3 is 1.16 bits per heavy atom. The van der Waals surface area contributed by atoms with E-state index >= 15 is 0 Å². The van der Waals surface area contributed by atoms with Crippen LogP contribution in [0.4, 0.5) is 26.6 Å². The normalized spacial score (nSPS) is 14.0. The van der Waals surface area contributed by atoms with E-state index in [9.17, 15) is 81.0 Å². The molecule has 3 aliphatic heterocycles. The predicted molar refractivity (Wildman–Crippen MR) is 532 cm³/mol. The molecule has 2 unspecified atom stereocenters. The summed E-state index contributed by atoms with van der Waals surface area (Å²) in [6, 6.07) is 6.43. The van der Waals surface area contributed by atoms with E-state index in [1.165, 1.54) is 87.9 Å². The van der Waals surface area contributed by atoms with Gasteiger partial charge in [-0.15, -0.1) is 0 Å². The lowest BCUT2D eigenvalue weighted by Crippen LogP contribution is -2.49. The highest BCUT2D eigenvalue weighted by Crippen LogP contribution is 2.37. The molecule has 143 heavy (non-hydrogen) atoms. The van der Waals surface area contributed by atoms with Gasteiger partial charge in [-0.05, 0) is 119 Å². The minimum absolute atomic E-state index is 0.00973. The maximum atomic E-state index is 14.5. The number of carboxylic acid groups (broad SMARTS) is 7. The van der Waals surface area contributed by atoms with Crippen LogP contribution in [0.25, 0.3) is 77.1 Å². The van der Waals surface area contributed by atoms with E-state index in [0.29, 0.717) is 92.7 Å². The van der Waals surface area contributed by atoms with Crippen molar-refractivity contribution in [2.24, 2.45) is 54.1 Å². The summed E-state index contributed by atoms with van der Waals surface area (Å²) >= 11 is 0. The standard InChI is InChI=1S/C17H18FNO3.C16H21N5O3.C16H20N4O3.C13H13FN2O3.C13H14N2O3.C12H14N4O3.C12H13N3O3/c1-8(2)14-10-5-4-9(3)19-7-12(17(21)22)16(20)11(15(10)19)6-13(14)18;1-10(2)20-4-6-21(7-5-20)16-17-8-11-13(22)12(15(23)24)9-19(3)14(11)18-16;1-9(2)10-4-5-20(7-10)16-17-6-11-13(21)12(15(22)23)8-19(3)14(11)18-16;1-6(2)10-9(14)4-7-11(17)8(13(18)19)5-16(3)12(7)15-10;1-7(2)10-5-4-8-11(16)9(13(17)18)6-15(3)12(8)14-10;1-6(2)14-12-13-4-7-9(17)8(11(18)19)5-16(3)10(7)15-12;1-6(2)10-13-4-7-9(16)8(12(17)18)5-15(3)11(7)14-10/h6-9H,4-5H2,1-3H3,(H,21,22);8-10H,4-7H2,1-3H3,(H,23,24);6,8-10H,4-5,7H2,1-3H3,(H,22,23);4-6H,1-3H3,(H,18,19);4-7H,1-3H3,(H,17,18);4-6H,1-3H3,(H,18,19)(H,13,14,15);4-6H,1-3H3,(H,17,18). The largest absolute Gasteiger partial charge is 0.477 e. The summed E-state index contributed by atoms with van der Waals surface area (Å²) in [7, 11) is 9.92. The maximum Gasteiger partial charge on any atom is 0.341 e. The summed E-state index contributed by atoms with van der Waals surface area (Å²) in [4.78, 5) is 211. The van der Waals surface area contributed by atoms with Gasteiger partial charge in [0.2, 0.25) is 55.8 Å². The third-order valence-electron chi connectivity index (χ3n) is 24.6. The fourth-order valence-electron chi connectivity index (χ4n) is 16.7. The summed E-state index contributed by atoms with van der Waals surface area (Å²) in [5.41, 5.74) is -0.220. The zero-order valence-electron chi connectivity index (χ0n) is 82.8. The van der Waals surface area contributed by atoms with Crippen LogP contribution in [0, 0.1) is 23.5 Å². The van der Waals surface area contributed by atoms with E-state index in [2.05, 4.69) is 97.6 Å². The van der Waals surface area contributed by atoms with Crippen LogP contribution in [0.1, 0.15) is 247 Å². The fraction of sp³-hybridized carbons (Fsp3) is 0.394. The van der Waals surface area contributed by atoms with Crippen molar-refractivity contribution in [1.29, 1.82) is 0 Å². The lowest BCUT2D eigenvalue weighted by atomic mass is 9.87. The van der Waals surface area contributed by atoms with Crippen LogP contribution >= 0.6 is 0 Å². The topological polar surface area (TPSA) is 566 Å². The number of aromatic nitrogens is 17. The number of pyridine rings is 9. The molecule has 42 nitrogen and oxygen atoms in total. The van der Waals surface area contributed by atoms with Crippen molar-refractivity contribution >= 4 is 137 Å². The molecule has 17 rings (SSSR count). The SMILES string of the molecule is CC(C)C1CCN(c2ncc3c(=O)c(C(=O)O)cn(C)c3n2)C1.CC(C)N1CCN(c2ncc3c(=O)c(C(=O)O)cn(C)c3n2)CC1.CC(C)Nc1ncc2c(=O)c(C(=O)O)cn(C)c2n1.CC(C)c1c(F)cc2c(=O)c(C(=O)O)cn3c2c1CCC3C.CC(C)c1ccc2c(=O)c(C(=O)O)cn(C)c2n1.CC(C)c1nc2c(cc1F)c(=O)c(C(=O)O)cn2C.CC(C)c1ncc2c(=O)c(C(=O)O)cn(C)c2n1. The Morgan fingerprint density at radius 2 is 0.762 bits per heavy atom. The van der Waals surface area contributed by atoms with Crippen molar-refractivity contribution in [1.82, 2.24) is 86.7 Å². The smallest absolute Gasteiger partial charge is 0.341 e. The van der Waals surface area contributed by atoms with E-state index in [-0.39, 0.29) is 113 Å². The fourth-order valence-corrected chi connectivity index (χ4v) is 16.7. The van der Waals surface area contributed by atoms with Gasteiger partial charge in [-0.1, -0.05) is 69.2 Å². The first-order valence-electron chi connectivity index (χ1n) is 45.8. The first-order valence-corrected chi connectivity index (χ1v) is 45.8. The van der Waals surface area contributed by atoms with Gasteiger partial charge in [-0.25, -0.2) is 77.2 Å². The van der Waals surface area contributed by atoms with Crippen LogP contribution in [-0.4, -0.2) is 216 Å². The number of halogens is 2. The molecular weight excluding hydrogens is 1860 g/mol. The molecule has 2 fully saturated rings. The molecule has 0 saturated carbocycles. The Kier molecular flexibility index (Phi) is 33.1. The number of aromatic carboxylic acids is 7. The summed E-state index contributed by atoms with van der Waals surface area (Å²) in [6.45, 7) is 35.3. The van der Waals surface area contributed by atoms with Gasteiger partial charge in [-0.2, -0.15) is 15.0 Å².